The molecule has 0 aliphatic heterocycles. The second-order valence-electron chi connectivity index (χ2n) is 4.63. The van der Waals surface area contributed by atoms with E-state index in [2.05, 4.69) is 11.7 Å². The van der Waals surface area contributed by atoms with Gasteiger partial charge in [0.25, 0.3) is 5.91 Å². The van der Waals surface area contributed by atoms with Gasteiger partial charge in [-0.2, -0.15) is 5.10 Å². The van der Waals surface area contributed by atoms with Gasteiger partial charge in [0, 0.05) is 19.3 Å². The smallest absolute Gasteiger partial charge is 0.250 e. The molecule has 0 aliphatic carbocycles. The molecule has 1 heterocycles. The fourth-order valence-electron chi connectivity index (χ4n) is 1.96. The third kappa shape index (κ3) is 2.99. The normalized spacial score (nSPS) is 10.5. The quantitative estimate of drug-likeness (QED) is 0.812. The fourth-order valence-corrected chi connectivity index (χ4v) is 1.96. The van der Waals surface area contributed by atoms with Crippen LogP contribution in [0, 0.1) is 18.6 Å². The van der Waals surface area contributed by atoms with E-state index in [1.54, 1.807) is 24.0 Å². The van der Waals surface area contributed by atoms with Crippen LogP contribution >= 0.6 is 0 Å². The molecule has 1 amide bonds. The molecular formula is C15H15F2N3O. The number of hydrogen-bond acceptors (Lipinski definition) is 2. The number of anilines is 1. The summed E-state index contributed by atoms with van der Waals surface area (Å²) in [5.74, 6) is -1.92. The van der Waals surface area contributed by atoms with Crippen molar-refractivity contribution in [1.29, 1.82) is 0 Å². The van der Waals surface area contributed by atoms with Gasteiger partial charge in [-0.3, -0.25) is 9.48 Å². The second-order valence-corrected chi connectivity index (χ2v) is 4.63. The highest BCUT2D eigenvalue weighted by atomic mass is 19.1. The average Bonchev–Trinajstić information content (AvgIpc) is 2.85. The average molecular weight is 291 g/mol. The van der Waals surface area contributed by atoms with Crippen LogP contribution in [0.1, 0.15) is 11.3 Å². The highest BCUT2D eigenvalue weighted by molar-refractivity contribution is 6.01. The SMILES string of the molecule is C=CC(=O)N(Cc1ccnn1C)c1cc(C)c(F)cc1F. The predicted molar refractivity (Wildman–Crippen MR) is 75.7 cm³/mol. The monoisotopic (exact) mass is 291 g/mol. The fraction of sp³-hybridized carbons (Fsp3) is 0.200. The van der Waals surface area contributed by atoms with Crippen molar-refractivity contribution >= 4 is 11.6 Å². The van der Waals surface area contributed by atoms with Crippen molar-refractivity contribution in [3.05, 3.63) is 59.9 Å². The van der Waals surface area contributed by atoms with E-state index in [1.165, 1.54) is 17.9 Å². The maximum Gasteiger partial charge on any atom is 0.250 e. The molecule has 2 rings (SSSR count). The molecule has 0 unspecified atom stereocenters. The molecule has 0 spiro atoms. The third-order valence-corrected chi connectivity index (χ3v) is 3.20. The van der Waals surface area contributed by atoms with Crippen molar-refractivity contribution in [1.82, 2.24) is 9.78 Å². The Morgan fingerprint density at radius 2 is 2.14 bits per heavy atom. The molecule has 4 nitrogen and oxygen atoms in total. The first-order valence-corrected chi connectivity index (χ1v) is 6.30. The standard InChI is InChI=1S/C15H15F2N3O/c1-4-15(21)20(9-11-5-6-18-19(11)3)14-7-10(2)12(16)8-13(14)17/h4-8H,1,9H2,2-3H3. The van der Waals surface area contributed by atoms with Gasteiger partial charge >= 0.3 is 0 Å². The van der Waals surface area contributed by atoms with Gasteiger partial charge in [-0.1, -0.05) is 6.58 Å². The van der Waals surface area contributed by atoms with E-state index in [0.29, 0.717) is 5.69 Å². The Hall–Kier alpha value is -2.50. The van der Waals surface area contributed by atoms with E-state index in [1.807, 2.05) is 0 Å². The van der Waals surface area contributed by atoms with Crippen LogP contribution in [-0.2, 0) is 18.4 Å². The Labute approximate surface area is 121 Å². The lowest BCUT2D eigenvalue weighted by molar-refractivity contribution is -0.114. The number of aromatic nitrogens is 2. The van der Waals surface area contributed by atoms with Gasteiger partial charge in [0.05, 0.1) is 17.9 Å². The van der Waals surface area contributed by atoms with E-state index >= 15 is 0 Å². The van der Waals surface area contributed by atoms with E-state index in [0.717, 1.165) is 12.1 Å². The summed E-state index contributed by atoms with van der Waals surface area (Å²) < 4.78 is 29.0. The largest absolute Gasteiger partial charge is 0.300 e. The lowest BCUT2D eigenvalue weighted by Gasteiger charge is -2.22. The van der Waals surface area contributed by atoms with Crippen molar-refractivity contribution < 1.29 is 13.6 Å². The van der Waals surface area contributed by atoms with Gasteiger partial charge in [-0.15, -0.1) is 0 Å². The number of amides is 1. The van der Waals surface area contributed by atoms with Crippen LogP contribution in [0.5, 0.6) is 0 Å². The number of rotatable bonds is 4. The number of halogens is 2. The zero-order valence-corrected chi connectivity index (χ0v) is 11.8. The summed E-state index contributed by atoms with van der Waals surface area (Å²) in [7, 11) is 1.72. The van der Waals surface area contributed by atoms with E-state index in [4.69, 9.17) is 0 Å². The zero-order valence-electron chi connectivity index (χ0n) is 11.8. The Balaban J connectivity index is 2.46. The molecule has 0 fully saturated rings. The topological polar surface area (TPSA) is 38.1 Å². The van der Waals surface area contributed by atoms with Crippen LogP contribution in [-0.4, -0.2) is 15.7 Å². The van der Waals surface area contributed by atoms with E-state index in [9.17, 15) is 13.6 Å². The summed E-state index contributed by atoms with van der Waals surface area (Å²) in [6.45, 7) is 5.05. The first kappa shape index (κ1) is 14.9. The highest BCUT2D eigenvalue weighted by Gasteiger charge is 2.20. The maximum atomic E-state index is 14.0. The Morgan fingerprint density at radius 1 is 1.43 bits per heavy atom. The van der Waals surface area contributed by atoms with Crippen molar-refractivity contribution in [3.8, 4) is 0 Å². The molecule has 6 heteroatoms. The number of carbonyl (C=O) groups is 1. The summed E-state index contributed by atoms with van der Waals surface area (Å²) in [6, 6.07) is 3.80. The molecule has 0 aliphatic rings. The molecule has 0 saturated carbocycles. The second kappa shape index (κ2) is 5.87. The summed E-state index contributed by atoms with van der Waals surface area (Å²) in [4.78, 5) is 13.2. The molecule has 1 aromatic heterocycles. The number of carbonyl (C=O) groups excluding carboxylic acids is 1. The maximum absolute atomic E-state index is 14.0. The minimum atomic E-state index is -0.796. The van der Waals surface area contributed by atoms with Crippen LogP contribution in [0.25, 0.3) is 0 Å². The minimum Gasteiger partial charge on any atom is -0.300 e. The van der Waals surface area contributed by atoms with Crippen molar-refractivity contribution in [2.45, 2.75) is 13.5 Å². The van der Waals surface area contributed by atoms with Gasteiger partial charge < -0.3 is 4.90 Å². The molecule has 0 atom stereocenters. The summed E-state index contributed by atoms with van der Waals surface area (Å²) in [5, 5.41) is 4.00. The number of benzene rings is 1. The third-order valence-electron chi connectivity index (χ3n) is 3.20. The molecule has 110 valence electrons. The van der Waals surface area contributed by atoms with Gasteiger partial charge in [0.2, 0.25) is 0 Å². The van der Waals surface area contributed by atoms with Crippen molar-refractivity contribution in [2.75, 3.05) is 4.90 Å². The number of aryl methyl sites for hydroxylation is 2. The number of hydrogen-bond donors (Lipinski definition) is 0. The zero-order chi connectivity index (χ0) is 15.6. The van der Waals surface area contributed by atoms with Gasteiger partial charge in [0.1, 0.15) is 11.6 Å². The van der Waals surface area contributed by atoms with Gasteiger partial charge in [-0.25, -0.2) is 8.78 Å². The van der Waals surface area contributed by atoms with Crippen LogP contribution in [0.2, 0.25) is 0 Å². The lowest BCUT2D eigenvalue weighted by atomic mass is 10.1. The van der Waals surface area contributed by atoms with Crippen LogP contribution in [0.15, 0.2) is 37.1 Å². The van der Waals surface area contributed by atoms with Gasteiger partial charge in [-0.05, 0) is 30.7 Å². The molecule has 0 bridgehead atoms. The molecule has 21 heavy (non-hydrogen) atoms. The molecular weight excluding hydrogens is 276 g/mol. The molecule has 0 saturated heterocycles. The van der Waals surface area contributed by atoms with E-state index < -0.39 is 17.5 Å². The van der Waals surface area contributed by atoms with Crippen LogP contribution in [0.3, 0.4) is 0 Å². The van der Waals surface area contributed by atoms with Crippen molar-refractivity contribution in [3.63, 3.8) is 0 Å². The van der Waals surface area contributed by atoms with Crippen LogP contribution in [0.4, 0.5) is 14.5 Å². The Morgan fingerprint density at radius 3 is 2.71 bits per heavy atom. The Kier molecular flexibility index (Phi) is 4.16. The number of nitrogens with zero attached hydrogens (tertiary/aromatic N) is 3. The molecule has 0 radical (unpaired) electrons. The first-order valence-electron chi connectivity index (χ1n) is 6.30. The lowest BCUT2D eigenvalue weighted by Crippen LogP contribution is -2.30. The minimum absolute atomic E-state index is 0.0139. The van der Waals surface area contributed by atoms with Crippen LogP contribution < -0.4 is 4.90 Å². The summed E-state index contributed by atoms with van der Waals surface area (Å²) in [6.07, 6.45) is 2.67. The molecule has 2 aromatic rings. The van der Waals surface area contributed by atoms with Gasteiger partial charge in [0.15, 0.2) is 0 Å². The Bertz CT molecular complexity index is 694. The first-order chi connectivity index (χ1) is 9.93. The van der Waals surface area contributed by atoms with E-state index in [-0.39, 0.29) is 17.8 Å². The molecule has 1 aromatic carbocycles. The predicted octanol–water partition coefficient (Wildman–Crippen LogP) is 2.73. The summed E-state index contributed by atoms with van der Waals surface area (Å²) in [5.41, 5.74) is 0.991. The summed E-state index contributed by atoms with van der Waals surface area (Å²) >= 11 is 0. The highest BCUT2D eigenvalue weighted by Crippen LogP contribution is 2.25. The molecule has 0 N–H and O–H groups in total. The van der Waals surface area contributed by atoms with Crippen molar-refractivity contribution in [2.24, 2.45) is 7.05 Å².